The molecule has 0 heterocycles. The molecule has 10 heteroatoms. The van der Waals surface area contributed by atoms with Crippen LogP contribution in [0.3, 0.4) is 0 Å². The highest BCUT2D eigenvalue weighted by Crippen LogP contribution is 2.19. The van der Waals surface area contributed by atoms with Gasteiger partial charge in [0.1, 0.15) is 11.6 Å². The summed E-state index contributed by atoms with van der Waals surface area (Å²) in [6.45, 7) is -0.610. The highest BCUT2D eigenvalue weighted by Gasteiger charge is 2.19. The van der Waals surface area contributed by atoms with E-state index in [1.165, 1.54) is 7.05 Å². The molecule has 5 nitrogen and oxygen atoms in total. The monoisotopic (exact) mass is 388 g/mol. The first-order valence-electron chi connectivity index (χ1n) is 7.67. The molecule has 2 aromatic carbocycles. The second kappa shape index (κ2) is 8.58. The van der Waals surface area contributed by atoms with Gasteiger partial charge < -0.3 is 15.5 Å². The maximum Gasteiger partial charge on any atom is 0.279 e. The fourth-order valence-electron chi connectivity index (χ4n) is 2.22. The van der Waals surface area contributed by atoms with E-state index in [0.29, 0.717) is 11.0 Å². The summed E-state index contributed by atoms with van der Waals surface area (Å²) in [5.41, 5.74) is -0.890. The first kappa shape index (κ1) is 20.3. The number of rotatable bonds is 6. The van der Waals surface area contributed by atoms with Crippen LogP contribution in [-0.2, 0) is 9.59 Å². The third kappa shape index (κ3) is 5.48. The Labute approximate surface area is 150 Å². The molecule has 2 amide bonds. The standard InChI is InChI=1S/C17H14F5N3O2/c1-25(8-15(27)24-13-6-9(18)2-3-10(13)19)7-14(26)23-12-5-4-11(20)16(21)17(12)22/h2-6H,7-8H2,1H3,(H,23,26)(H,24,27)/p+1. The molecule has 0 saturated carbocycles. The normalized spacial score (nSPS) is 11.8. The van der Waals surface area contributed by atoms with E-state index in [9.17, 15) is 31.5 Å². The van der Waals surface area contributed by atoms with Crippen LogP contribution < -0.4 is 15.5 Å². The average molecular weight is 388 g/mol. The van der Waals surface area contributed by atoms with Crippen LogP contribution in [0.5, 0.6) is 0 Å². The van der Waals surface area contributed by atoms with Crippen LogP contribution in [0.1, 0.15) is 0 Å². The number of hydrogen-bond acceptors (Lipinski definition) is 2. The molecule has 27 heavy (non-hydrogen) atoms. The van der Waals surface area contributed by atoms with Gasteiger partial charge in [-0.15, -0.1) is 0 Å². The fraction of sp³-hybridized carbons (Fsp3) is 0.176. The number of carbonyl (C=O) groups is 2. The summed E-state index contributed by atoms with van der Waals surface area (Å²) >= 11 is 0. The Morgan fingerprint density at radius 3 is 2.00 bits per heavy atom. The third-order valence-electron chi connectivity index (χ3n) is 3.44. The van der Waals surface area contributed by atoms with Gasteiger partial charge in [0.2, 0.25) is 0 Å². The molecule has 0 bridgehead atoms. The molecule has 1 unspecified atom stereocenters. The zero-order valence-electron chi connectivity index (χ0n) is 14.0. The van der Waals surface area contributed by atoms with Crippen LogP contribution >= 0.6 is 0 Å². The van der Waals surface area contributed by atoms with Gasteiger partial charge in [0, 0.05) is 6.07 Å². The van der Waals surface area contributed by atoms with Crippen LogP contribution in [0.15, 0.2) is 30.3 Å². The molecule has 0 saturated heterocycles. The van der Waals surface area contributed by atoms with E-state index < -0.39 is 46.6 Å². The van der Waals surface area contributed by atoms with Crippen LogP contribution in [0, 0.1) is 29.1 Å². The van der Waals surface area contributed by atoms with Gasteiger partial charge in [0.05, 0.1) is 18.4 Å². The van der Waals surface area contributed by atoms with E-state index >= 15 is 0 Å². The molecule has 144 valence electrons. The number of amides is 2. The summed E-state index contributed by atoms with van der Waals surface area (Å²) in [7, 11) is 1.45. The summed E-state index contributed by atoms with van der Waals surface area (Å²) < 4.78 is 66.0. The lowest BCUT2D eigenvalue weighted by atomic mass is 10.2. The van der Waals surface area contributed by atoms with Crippen molar-refractivity contribution in [1.82, 2.24) is 0 Å². The average Bonchev–Trinajstić information content (AvgIpc) is 2.58. The first-order valence-corrected chi connectivity index (χ1v) is 7.67. The Kier molecular flexibility index (Phi) is 6.45. The Hall–Kier alpha value is -3.01. The SMILES string of the molecule is C[NH+](CC(=O)Nc1cc(F)ccc1F)CC(=O)Nc1ccc(F)c(F)c1F. The number of nitrogens with one attached hydrogen (secondary N) is 3. The molecule has 0 aliphatic carbocycles. The van der Waals surface area contributed by atoms with Crippen LogP contribution in [0.25, 0.3) is 0 Å². The minimum absolute atomic E-state index is 0.288. The molecule has 3 N–H and O–H groups in total. The van der Waals surface area contributed by atoms with E-state index in [1.807, 2.05) is 0 Å². The zero-order valence-corrected chi connectivity index (χ0v) is 14.0. The second-order valence-corrected chi connectivity index (χ2v) is 5.75. The number of carbonyl (C=O) groups excluding carboxylic acids is 2. The maximum absolute atomic E-state index is 13.5. The Bertz CT molecular complexity index is 876. The number of quaternary nitrogens is 1. The number of hydrogen-bond donors (Lipinski definition) is 3. The lowest BCUT2D eigenvalue weighted by Crippen LogP contribution is -3.11. The van der Waals surface area contributed by atoms with Crippen molar-refractivity contribution in [2.45, 2.75) is 0 Å². The molecule has 0 aromatic heterocycles. The van der Waals surface area contributed by atoms with Crippen LogP contribution in [-0.4, -0.2) is 32.0 Å². The van der Waals surface area contributed by atoms with Crippen molar-refractivity contribution in [3.05, 3.63) is 59.4 Å². The summed E-state index contributed by atoms with van der Waals surface area (Å²) in [5.74, 6) is -7.67. The molecule has 2 rings (SSSR count). The highest BCUT2D eigenvalue weighted by atomic mass is 19.2. The predicted molar refractivity (Wildman–Crippen MR) is 86.6 cm³/mol. The van der Waals surface area contributed by atoms with Crippen molar-refractivity contribution in [3.8, 4) is 0 Å². The van der Waals surface area contributed by atoms with Crippen molar-refractivity contribution in [1.29, 1.82) is 0 Å². The predicted octanol–water partition coefficient (Wildman–Crippen LogP) is 1.47. The largest absolute Gasteiger partial charge is 0.322 e. The molecule has 0 fully saturated rings. The van der Waals surface area contributed by atoms with Crippen molar-refractivity contribution in [2.75, 3.05) is 30.8 Å². The summed E-state index contributed by atoms with van der Waals surface area (Å²) in [6.07, 6.45) is 0. The van der Waals surface area contributed by atoms with E-state index in [4.69, 9.17) is 0 Å². The van der Waals surface area contributed by atoms with Gasteiger partial charge in [-0.05, 0) is 24.3 Å². The van der Waals surface area contributed by atoms with Crippen LogP contribution in [0.2, 0.25) is 0 Å². The van der Waals surface area contributed by atoms with Crippen molar-refractivity contribution >= 4 is 23.2 Å². The lowest BCUT2D eigenvalue weighted by Gasteiger charge is -2.14. The van der Waals surface area contributed by atoms with Gasteiger partial charge in [0.15, 0.2) is 30.5 Å². The number of halogens is 5. The van der Waals surface area contributed by atoms with E-state index in [2.05, 4.69) is 10.6 Å². The van der Waals surface area contributed by atoms with Gasteiger partial charge in [0.25, 0.3) is 11.8 Å². The van der Waals surface area contributed by atoms with Crippen molar-refractivity contribution in [2.24, 2.45) is 0 Å². The smallest absolute Gasteiger partial charge is 0.279 e. The van der Waals surface area contributed by atoms with Crippen molar-refractivity contribution < 1.29 is 36.4 Å². The summed E-state index contributed by atoms with van der Waals surface area (Å²) in [4.78, 5) is 24.0. The Balaban J connectivity index is 1.90. The molecule has 1 atom stereocenters. The quantitative estimate of drug-likeness (QED) is 0.519. The third-order valence-corrected chi connectivity index (χ3v) is 3.44. The summed E-state index contributed by atoms with van der Waals surface area (Å²) in [5, 5.41) is 4.24. The topological polar surface area (TPSA) is 62.6 Å². The Morgan fingerprint density at radius 1 is 0.815 bits per heavy atom. The molecular weight excluding hydrogens is 373 g/mol. The van der Waals surface area contributed by atoms with Crippen molar-refractivity contribution in [3.63, 3.8) is 0 Å². The lowest BCUT2D eigenvalue weighted by molar-refractivity contribution is -0.862. The number of benzene rings is 2. The zero-order chi connectivity index (χ0) is 20.1. The molecule has 0 spiro atoms. The van der Waals surface area contributed by atoms with E-state index in [1.54, 1.807) is 0 Å². The van der Waals surface area contributed by atoms with Gasteiger partial charge in [-0.1, -0.05) is 0 Å². The fourth-order valence-corrected chi connectivity index (χ4v) is 2.22. The van der Waals surface area contributed by atoms with Gasteiger partial charge in [-0.3, -0.25) is 9.59 Å². The highest BCUT2D eigenvalue weighted by molar-refractivity contribution is 5.93. The first-order chi connectivity index (χ1) is 12.7. The minimum atomic E-state index is -1.72. The van der Waals surface area contributed by atoms with E-state index in [0.717, 1.165) is 24.3 Å². The summed E-state index contributed by atoms with van der Waals surface area (Å²) in [6, 6.07) is 4.07. The number of likely N-dealkylation sites (N-methyl/N-ethyl adjacent to an activating group) is 1. The van der Waals surface area contributed by atoms with Crippen LogP contribution in [0.4, 0.5) is 33.3 Å². The van der Waals surface area contributed by atoms with Gasteiger partial charge in [-0.2, -0.15) is 0 Å². The second-order valence-electron chi connectivity index (χ2n) is 5.75. The van der Waals surface area contributed by atoms with E-state index in [-0.39, 0.29) is 18.8 Å². The van der Waals surface area contributed by atoms with Gasteiger partial charge in [-0.25, -0.2) is 22.0 Å². The number of anilines is 2. The molecular formula is C17H15F5N3O2+. The molecule has 0 aliphatic rings. The Morgan fingerprint density at radius 2 is 1.37 bits per heavy atom. The van der Waals surface area contributed by atoms with Gasteiger partial charge >= 0.3 is 0 Å². The maximum atomic E-state index is 13.5. The molecule has 0 radical (unpaired) electrons. The molecule has 2 aromatic rings. The minimum Gasteiger partial charge on any atom is -0.322 e. The molecule has 0 aliphatic heterocycles.